The summed E-state index contributed by atoms with van der Waals surface area (Å²) < 4.78 is 0. The highest BCUT2D eigenvalue weighted by Crippen LogP contribution is 2.19. The van der Waals surface area contributed by atoms with Gasteiger partial charge in [0.1, 0.15) is 18.1 Å². The van der Waals surface area contributed by atoms with E-state index < -0.39 is 71.8 Å². The number of nitrogens with zero attached hydrogens (tertiary/aromatic N) is 1. The number of amides is 3. The third-order valence-corrected chi connectivity index (χ3v) is 6.65. The molecule has 16 heteroatoms. The predicted molar refractivity (Wildman–Crippen MR) is 151 cm³/mol. The van der Waals surface area contributed by atoms with Crippen molar-refractivity contribution >= 4 is 58.3 Å². The molecule has 0 aliphatic rings. The number of carbonyl (C=O) groups is 6. The van der Waals surface area contributed by atoms with Gasteiger partial charge in [-0.25, -0.2) is 4.98 Å². The van der Waals surface area contributed by atoms with Crippen LogP contribution in [-0.4, -0.2) is 84.1 Å². The molecule has 1 aromatic carbocycles. The van der Waals surface area contributed by atoms with Gasteiger partial charge in [-0.3, -0.25) is 28.8 Å². The monoisotopic (exact) mass is 601 g/mol. The number of nitrogens with one attached hydrogen (secondary N) is 5. The summed E-state index contributed by atoms with van der Waals surface area (Å²) in [6.07, 6.45) is 2.86. The number of benzene rings is 1. The number of aromatic amines is 2. The van der Waals surface area contributed by atoms with Crippen molar-refractivity contribution in [2.45, 2.75) is 56.3 Å². The molecule has 2 heterocycles. The Morgan fingerprint density at radius 2 is 1.55 bits per heavy atom. The predicted octanol–water partition coefficient (Wildman–Crippen LogP) is -0.746. The van der Waals surface area contributed by atoms with Crippen molar-refractivity contribution in [2.24, 2.45) is 5.73 Å². The first-order valence-electron chi connectivity index (χ1n) is 12.8. The van der Waals surface area contributed by atoms with Gasteiger partial charge in [-0.05, 0) is 24.5 Å². The Morgan fingerprint density at radius 3 is 2.19 bits per heavy atom. The number of hydrogen-bond donors (Lipinski definition) is 9. The van der Waals surface area contributed by atoms with Crippen molar-refractivity contribution in [2.75, 3.05) is 0 Å². The molecule has 0 spiro atoms. The molecule has 0 aliphatic heterocycles. The van der Waals surface area contributed by atoms with Crippen LogP contribution >= 0.6 is 12.6 Å². The number of imidazole rings is 1. The van der Waals surface area contributed by atoms with E-state index in [4.69, 9.17) is 10.8 Å². The number of nitrogens with two attached hydrogens (primary N) is 1. The first-order chi connectivity index (χ1) is 19.9. The standard InChI is InChI=1S/C26H31N7O8S/c27-16(7-13-10-29-17-4-2-1-3-15(13)17)23(38)31-18(5-6-21(34)35)24(39)32-19(8-14-11-28-12-30-14)25(40)33-20(26(41)42)9-22(36)37/h1-4,10-12,16,18-20,29H,5-9,27H2,(H,28,30)(H,31,38)(H,32,39)(H,33,40)(H,34,35)(H,36,37)(H,41,42)/t16-,18-,19-,20-/m0/s1. The topological polar surface area (TPSA) is 249 Å². The number of carbonyl (C=O) groups excluding carboxylic acids is 4. The number of aliphatic carboxylic acids is 2. The zero-order valence-corrected chi connectivity index (χ0v) is 23.1. The van der Waals surface area contributed by atoms with Crippen molar-refractivity contribution < 1.29 is 39.0 Å². The summed E-state index contributed by atoms with van der Waals surface area (Å²) in [6, 6.07) is 2.08. The molecule has 0 bridgehead atoms. The minimum Gasteiger partial charge on any atom is -0.481 e. The highest BCUT2D eigenvalue weighted by Gasteiger charge is 2.31. The lowest BCUT2D eigenvalue weighted by Gasteiger charge is -2.25. The first-order valence-corrected chi connectivity index (χ1v) is 13.2. The van der Waals surface area contributed by atoms with Crippen LogP contribution in [0.2, 0.25) is 0 Å². The van der Waals surface area contributed by atoms with Gasteiger partial charge in [0.25, 0.3) is 0 Å². The fraction of sp³-hybridized carbons (Fsp3) is 0.346. The maximum absolute atomic E-state index is 13.3. The quantitative estimate of drug-likeness (QED) is 0.0929. The minimum absolute atomic E-state index is 0.122. The van der Waals surface area contributed by atoms with Crippen molar-refractivity contribution in [3.05, 3.63) is 54.2 Å². The smallest absolute Gasteiger partial charge is 0.305 e. The zero-order valence-electron chi connectivity index (χ0n) is 22.2. The molecule has 4 atom stereocenters. The van der Waals surface area contributed by atoms with Crippen LogP contribution in [0.25, 0.3) is 10.9 Å². The fourth-order valence-electron chi connectivity index (χ4n) is 4.19. The Kier molecular flexibility index (Phi) is 11.2. The van der Waals surface area contributed by atoms with E-state index in [0.29, 0.717) is 5.69 Å². The minimum atomic E-state index is -1.48. The summed E-state index contributed by atoms with van der Waals surface area (Å²) >= 11 is 3.62. The number of thiol groups is 1. The van der Waals surface area contributed by atoms with Crippen molar-refractivity contribution in [1.82, 2.24) is 30.9 Å². The third-order valence-electron chi connectivity index (χ3n) is 6.34. The highest BCUT2D eigenvalue weighted by atomic mass is 32.1. The lowest BCUT2D eigenvalue weighted by molar-refractivity contribution is -0.140. The van der Waals surface area contributed by atoms with Gasteiger partial charge in [0.15, 0.2) is 0 Å². The molecule has 3 amide bonds. The highest BCUT2D eigenvalue weighted by molar-refractivity contribution is 7.96. The molecule has 0 fully saturated rings. The summed E-state index contributed by atoms with van der Waals surface area (Å²) in [4.78, 5) is 83.2. The van der Waals surface area contributed by atoms with E-state index in [1.165, 1.54) is 12.5 Å². The lowest BCUT2D eigenvalue weighted by atomic mass is 10.0. The van der Waals surface area contributed by atoms with E-state index in [-0.39, 0.29) is 19.3 Å². The number of H-pyrrole nitrogens is 2. The van der Waals surface area contributed by atoms with Gasteiger partial charge in [0.05, 0.1) is 18.8 Å². The van der Waals surface area contributed by atoms with Gasteiger partial charge in [0, 0.05) is 41.8 Å². The van der Waals surface area contributed by atoms with Gasteiger partial charge in [-0.1, -0.05) is 18.2 Å². The molecule has 0 radical (unpaired) electrons. The number of carboxylic acids is 2. The molecular weight excluding hydrogens is 570 g/mol. The molecule has 15 nitrogen and oxygen atoms in total. The summed E-state index contributed by atoms with van der Waals surface area (Å²) in [6.45, 7) is 0. The SMILES string of the molecule is N[C@@H](Cc1c[nH]c2ccccc12)C(=O)N[C@@H](CCC(=O)O)C(=O)N[C@@H](Cc1cnc[nH]1)C(=O)N[C@@H](CC(=O)O)C(=O)S. The van der Waals surface area contributed by atoms with Crippen LogP contribution in [0.5, 0.6) is 0 Å². The van der Waals surface area contributed by atoms with Gasteiger partial charge in [0.2, 0.25) is 22.8 Å². The Morgan fingerprint density at radius 1 is 0.881 bits per heavy atom. The average Bonchev–Trinajstić information content (AvgIpc) is 3.59. The van der Waals surface area contributed by atoms with E-state index in [2.05, 4.69) is 43.5 Å². The number of hydrogen-bond acceptors (Lipinski definition) is 8. The molecule has 0 unspecified atom stereocenters. The fourth-order valence-corrected chi connectivity index (χ4v) is 4.35. The lowest BCUT2D eigenvalue weighted by Crippen LogP contribution is -2.57. The number of rotatable bonds is 16. The number of fused-ring (bicyclic) bond motifs is 1. The van der Waals surface area contributed by atoms with Crippen LogP contribution in [0.15, 0.2) is 43.0 Å². The Bertz CT molecular complexity index is 1440. The van der Waals surface area contributed by atoms with Crippen molar-refractivity contribution in [3.63, 3.8) is 0 Å². The van der Waals surface area contributed by atoms with Gasteiger partial charge >= 0.3 is 11.9 Å². The summed E-state index contributed by atoms with van der Waals surface area (Å²) in [5.74, 6) is -5.11. The van der Waals surface area contributed by atoms with Crippen LogP contribution in [0.3, 0.4) is 0 Å². The zero-order chi connectivity index (χ0) is 30.8. The van der Waals surface area contributed by atoms with Gasteiger partial charge < -0.3 is 41.9 Å². The van der Waals surface area contributed by atoms with Gasteiger partial charge in [-0.15, -0.1) is 12.6 Å². The molecule has 224 valence electrons. The molecule has 0 aliphatic carbocycles. The third kappa shape index (κ3) is 9.17. The molecule has 42 heavy (non-hydrogen) atoms. The molecule has 0 saturated heterocycles. The van der Waals surface area contributed by atoms with Crippen LogP contribution in [0.4, 0.5) is 0 Å². The van der Waals surface area contributed by atoms with Crippen LogP contribution in [0, 0.1) is 0 Å². The van der Waals surface area contributed by atoms with E-state index in [0.717, 1.165) is 16.5 Å². The Hall–Kier alpha value is -4.70. The molecule has 3 rings (SSSR count). The van der Waals surface area contributed by atoms with E-state index in [1.807, 2.05) is 24.3 Å². The Labute approximate surface area is 244 Å². The van der Waals surface area contributed by atoms with Crippen LogP contribution in [0.1, 0.15) is 30.5 Å². The molecule has 3 aromatic rings. The molecule has 2 aromatic heterocycles. The van der Waals surface area contributed by atoms with E-state index >= 15 is 0 Å². The van der Waals surface area contributed by atoms with Crippen molar-refractivity contribution in [3.8, 4) is 0 Å². The van der Waals surface area contributed by atoms with Gasteiger partial charge in [-0.2, -0.15) is 0 Å². The second kappa shape index (κ2) is 14.8. The maximum Gasteiger partial charge on any atom is 0.305 e. The first kappa shape index (κ1) is 31.8. The average molecular weight is 602 g/mol. The second-order valence-electron chi connectivity index (χ2n) is 9.50. The maximum atomic E-state index is 13.3. The molecule has 9 N–H and O–H groups in total. The Balaban J connectivity index is 1.75. The van der Waals surface area contributed by atoms with E-state index in [1.54, 1.807) is 6.20 Å². The number of carboxylic acid groups (broad SMARTS) is 2. The number of para-hydroxylation sites is 1. The summed E-state index contributed by atoms with van der Waals surface area (Å²) in [5, 5.41) is 25.4. The van der Waals surface area contributed by atoms with E-state index in [9.17, 15) is 33.9 Å². The summed E-state index contributed by atoms with van der Waals surface area (Å²) in [5.41, 5.74) is 8.16. The number of aromatic nitrogens is 3. The molecular formula is C26H31N7O8S. The largest absolute Gasteiger partial charge is 0.481 e. The molecule has 0 saturated carbocycles. The van der Waals surface area contributed by atoms with Crippen LogP contribution < -0.4 is 21.7 Å². The normalized spacial score (nSPS) is 13.9. The summed E-state index contributed by atoms with van der Waals surface area (Å²) in [7, 11) is 0. The van der Waals surface area contributed by atoms with Crippen LogP contribution in [-0.2, 0) is 41.6 Å². The second-order valence-corrected chi connectivity index (χ2v) is 9.94. The van der Waals surface area contributed by atoms with Crippen molar-refractivity contribution in [1.29, 1.82) is 0 Å².